The summed E-state index contributed by atoms with van der Waals surface area (Å²) in [6.45, 7) is 3.70. The van der Waals surface area contributed by atoms with Crippen LogP contribution in [0.5, 0.6) is 0 Å². The summed E-state index contributed by atoms with van der Waals surface area (Å²) in [6, 6.07) is 8.93. The molecule has 0 amide bonds. The number of carboxylic acid groups (broad SMARTS) is 2. The Bertz CT molecular complexity index is 394. The molecule has 1 rings (SSSR count). The first-order valence-corrected chi connectivity index (χ1v) is 4.71. The highest BCUT2D eigenvalue weighted by Gasteiger charge is 2.26. The fourth-order valence-corrected chi connectivity index (χ4v) is 1.32. The molecule has 1 aromatic rings. The van der Waals surface area contributed by atoms with Gasteiger partial charge in [-0.3, -0.25) is 9.59 Å². The van der Waals surface area contributed by atoms with E-state index in [-0.39, 0.29) is 6.42 Å². The van der Waals surface area contributed by atoms with Gasteiger partial charge in [0.25, 0.3) is 0 Å². The number of carbonyl (C=O) groups is 2. The van der Waals surface area contributed by atoms with Gasteiger partial charge in [-0.2, -0.15) is 0 Å². The predicted octanol–water partition coefficient (Wildman–Crippen LogP) is 1.88. The first-order valence-electron chi connectivity index (χ1n) is 4.71. The summed E-state index contributed by atoms with van der Waals surface area (Å²) < 4.78 is 0. The van der Waals surface area contributed by atoms with Gasteiger partial charge in [0.2, 0.25) is 0 Å². The van der Waals surface area contributed by atoms with Crippen molar-refractivity contribution >= 4 is 17.5 Å². The van der Waals surface area contributed by atoms with Crippen LogP contribution in [-0.2, 0) is 9.59 Å². The van der Waals surface area contributed by atoms with Gasteiger partial charge < -0.3 is 10.2 Å². The van der Waals surface area contributed by atoms with Crippen molar-refractivity contribution < 1.29 is 19.8 Å². The van der Waals surface area contributed by atoms with Crippen LogP contribution in [0.25, 0.3) is 5.57 Å². The van der Waals surface area contributed by atoms with Crippen molar-refractivity contribution in [2.75, 3.05) is 0 Å². The minimum Gasteiger partial charge on any atom is -0.481 e. The second-order valence-electron chi connectivity index (χ2n) is 3.40. The van der Waals surface area contributed by atoms with Crippen LogP contribution in [-0.4, -0.2) is 22.2 Å². The van der Waals surface area contributed by atoms with Gasteiger partial charge in [-0.25, -0.2) is 0 Å². The Labute approximate surface area is 92.8 Å². The van der Waals surface area contributed by atoms with Crippen LogP contribution < -0.4 is 0 Å². The smallest absolute Gasteiger partial charge is 0.318 e. The summed E-state index contributed by atoms with van der Waals surface area (Å²) in [5.74, 6) is -4.12. The van der Waals surface area contributed by atoms with Crippen molar-refractivity contribution in [3.8, 4) is 0 Å². The van der Waals surface area contributed by atoms with Crippen LogP contribution in [0, 0.1) is 5.92 Å². The van der Waals surface area contributed by atoms with Crippen molar-refractivity contribution in [3.05, 3.63) is 42.5 Å². The van der Waals surface area contributed by atoms with E-state index in [1.54, 1.807) is 24.3 Å². The van der Waals surface area contributed by atoms with E-state index in [2.05, 4.69) is 6.58 Å². The Morgan fingerprint density at radius 3 is 2.06 bits per heavy atom. The maximum absolute atomic E-state index is 10.7. The molecule has 0 aliphatic carbocycles. The third-order valence-corrected chi connectivity index (χ3v) is 2.23. The largest absolute Gasteiger partial charge is 0.481 e. The van der Waals surface area contributed by atoms with Crippen molar-refractivity contribution in [2.24, 2.45) is 5.92 Å². The number of allylic oxidation sites excluding steroid dienone is 1. The van der Waals surface area contributed by atoms with E-state index < -0.39 is 17.9 Å². The van der Waals surface area contributed by atoms with E-state index in [1.165, 1.54) is 0 Å². The van der Waals surface area contributed by atoms with E-state index in [4.69, 9.17) is 10.2 Å². The van der Waals surface area contributed by atoms with Crippen LogP contribution in [0.2, 0.25) is 0 Å². The lowest BCUT2D eigenvalue weighted by molar-refractivity contribution is -0.154. The Kier molecular flexibility index (Phi) is 3.83. The van der Waals surface area contributed by atoms with E-state index in [1.807, 2.05) is 6.07 Å². The van der Waals surface area contributed by atoms with Crippen LogP contribution in [0.4, 0.5) is 0 Å². The van der Waals surface area contributed by atoms with Crippen LogP contribution in [0.3, 0.4) is 0 Å². The summed E-state index contributed by atoms with van der Waals surface area (Å²) in [6.07, 6.45) is -0.0886. The molecule has 0 aromatic heterocycles. The van der Waals surface area contributed by atoms with E-state index in [0.29, 0.717) is 5.57 Å². The second kappa shape index (κ2) is 5.11. The van der Waals surface area contributed by atoms with Gasteiger partial charge in [-0.15, -0.1) is 0 Å². The van der Waals surface area contributed by atoms with Crippen molar-refractivity contribution in [3.63, 3.8) is 0 Å². The van der Waals surface area contributed by atoms with Crippen molar-refractivity contribution in [1.29, 1.82) is 0 Å². The molecule has 0 saturated heterocycles. The highest BCUT2D eigenvalue weighted by atomic mass is 16.4. The normalized spacial score (nSPS) is 10.1. The van der Waals surface area contributed by atoms with Gasteiger partial charge in [0.05, 0.1) is 0 Å². The summed E-state index contributed by atoms with van der Waals surface area (Å²) in [5.41, 5.74) is 1.27. The summed E-state index contributed by atoms with van der Waals surface area (Å²) in [4.78, 5) is 21.4. The minimum absolute atomic E-state index is 0.0886. The number of carboxylic acids is 2. The molecule has 0 aliphatic heterocycles. The lowest BCUT2D eigenvalue weighted by atomic mass is 9.95. The Balaban J connectivity index is 2.77. The Morgan fingerprint density at radius 2 is 1.62 bits per heavy atom. The zero-order valence-electron chi connectivity index (χ0n) is 8.59. The summed E-state index contributed by atoms with van der Waals surface area (Å²) in [5, 5.41) is 17.4. The summed E-state index contributed by atoms with van der Waals surface area (Å²) in [7, 11) is 0. The monoisotopic (exact) mass is 220 g/mol. The van der Waals surface area contributed by atoms with Gasteiger partial charge >= 0.3 is 11.9 Å². The Hall–Kier alpha value is -2.10. The minimum atomic E-state index is -1.44. The molecular formula is C12H12O4. The zero-order valence-corrected chi connectivity index (χ0v) is 8.59. The summed E-state index contributed by atoms with van der Waals surface area (Å²) >= 11 is 0. The Morgan fingerprint density at radius 1 is 1.12 bits per heavy atom. The number of hydrogen-bond acceptors (Lipinski definition) is 2. The maximum atomic E-state index is 10.7. The molecule has 0 radical (unpaired) electrons. The van der Waals surface area contributed by atoms with Gasteiger partial charge in [-0.1, -0.05) is 36.9 Å². The topological polar surface area (TPSA) is 74.6 Å². The van der Waals surface area contributed by atoms with Crippen molar-refractivity contribution in [1.82, 2.24) is 0 Å². The van der Waals surface area contributed by atoms with Crippen molar-refractivity contribution in [2.45, 2.75) is 6.42 Å². The predicted molar refractivity (Wildman–Crippen MR) is 58.9 cm³/mol. The van der Waals surface area contributed by atoms with E-state index >= 15 is 0 Å². The van der Waals surface area contributed by atoms with Gasteiger partial charge in [0.15, 0.2) is 5.92 Å². The number of benzene rings is 1. The molecular weight excluding hydrogens is 208 g/mol. The SMILES string of the molecule is C=C(CC(C(=O)O)C(=O)O)c1ccccc1. The molecule has 16 heavy (non-hydrogen) atoms. The molecule has 0 bridgehead atoms. The molecule has 0 unspecified atom stereocenters. The molecule has 0 atom stereocenters. The molecule has 0 heterocycles. The van der Waals surface area contributed by atoms with E-state index in [9.17, 15) is 9.59 Å². The van der Waals surface area contributed by atoms with E-state index in [0.717, 1.165) is 5.56 Å². The maximum Gasteiger partial charge on any atom is 0.318 e. The van der Waals surface area contributed by atoms with Gasteiger partial charge in [-0.05, 0) is 17.6 Å². The third kappa shape index (κ3) is 2.95. The molecule has 4 nitrogen and oxygen atoms in total. The fourth-order valence-electron chi connectivity index (χ4n) is 1.32. The van der Waals surface area contributed by atoms with Crippen LogP contribution in [0.1, 0.15) is 12.0 Å². The molecule has 1 aromatic carbocycles. The average molecular weight is 220 g/mol. The lowest BCUT2D eigenvalue weighted by Gasteiger charge is -2.09. The highest BCUT2D eigenvalue weighted by molar-refractivity contribution is 5.94. The lowest BCUT2D eigenvalue weighted by Crippen LogP contribution is -2.23. The zero-order chi connectivity index (χ0) is 12.1. The average Bonchev–Trinajstić information content (AvgIpc) is 2.25. The second-order valence-corrected chi connectivity index (χ2v) is 3.40. The third-order valence-electron chi connectivity index (χ3n) is 2.23. The first-order chi connectivity index (χ1) is 7.52. The number of hydrogen-bond donors (Lipinski definition) is 2. The molecule has 0 spiro atoms. The number of rotatable bonds is 5. The van der Waals surface area contributed by atoms with Gasteiger partial charge in [0.1, 0.15) is 0 Å². The van der Waals surface area contributed by atoms with Crippen LogP contribution in [0.15, 0.2) is 36.9 Å². The first kappa shape index (κ1) is 12.0. The van der Waals surface area contributed by atoms with Crippen LogP contribution >= 0.6 is 0 Å². The quantitative estimate of drug-likeness (QED) is 0.743. The highest BCUT2D eigenvalue weighted by Crippen LogP contribution is 2.21. The molecule has 84 valence electrons. The molecule has 0 fully saturated rings. The molecule has 2 N–H and O–H groups in total. The molecule has 4 heteroatoms. The fraction of sp³-hybridized carbons (Fsp3) is 0.167. The molecule has 0 saturated carbocycles. The standard InChI is InChI=1S/C12H12O4/c1-8(9-5-3-2-4-6-9)7-10(11(13)14)12(15)16/h2-6,10H,1,7H2,(H,13,14)(H,15,16). The van der Waals surface area contributed by atoms with Gasteiger partial charge in [0, 0.05) is 0 Å². The molecule has 0 aliphatic rings. The number of aliphatic carboxylic acids is 2.